The maximum absolute atomic E-state index is 10.9. The Balaban J connectivity index is 2.50. The Morgan fingerprint density at radius 3 is 2.38 bits per heavy atom. The van der Waals surface area contributed by atoms with Crippen molar-refractivity contribution in [3.63, 3.8) is 0 Å². The summed E-state index contributed by atoms with van der Waals surface area (Å²) in [6, 6.07) is 0.344. The molecule has 0 aromatic heterocycles. The van der Waals surface area contributed by atoms with E-state index in [1.807, 2.05) is 0 Å². The van der Waals surface area contributed by atoms with Gasteiger partial charge in [-0.15, -0.1) is 0 Å². The number of nitrogens with one attached hydrogen (secondary N) is 1. The van der Waals surface area contributed by atoms with Crippen molar-refractivity contribution in [3.05, 3.63) is 0 Å². The fraction of sp³-hybridized carbons (Fsp3) is 0.750. The van der Waals surface area contributed by atoms with E-state index in [-0.39, 0.29) is 0 Å². The molecule has 0 aromatic carbocycles. The fourth-order valence-corrected chi connectivity index (χ4v) is 0.814. The number of nitrogens with two attached hydrogens (primary N) is 2. The maximum Gasteiger partial charge on any atom is 0.242 e. The molecule has 0 aromatic rings. The van der Waals surface area contributed by atoms with Gasteiger partial charge in [0.25, 0.3) is 0 Å². The average molecular weight is 184 g/mol. The number of rotatable bonds is 3. The van der Waals surface area contributed by atoms with Crippen LogP contribution in [0.4, 0.5) is 0 Å². The fourth-order valence-electron chi connectivity index (χ4n) is 0.814. The summed E-state index contributed by atoms with van der Waals surface area (Å²) in [5, 5.41) is 2.78. The first-order valence-electron chi connectivity index (χ1n) is 4.33. The first-order chi connectivity index (χ1) is 5.92. The molecule has 0 unspecified atom stereocenters. The molecule has 5 N–H and O–H groups in total. The molecule has 1 rings (SSSR count). The van der Waals surface area contributed by atoms with E-state index < -0.39 is 11.4 Å². The van der Waals surface area contributed by atoms with Gasteiger partial charge in [-0.2, -0.15) is 0 Å². The molecule has 1 fully saturated rings. The van der Waals surface area contributed by atoms with E-state index in [0.717, 1.165) is 12.8 Å². The number of aliphatic imine (C=N–C) groups is 1. The van der Waals surface area contributed by atoms with Crippen LogP contribution in [0, 0.1) is 0 Å². The third-order valence-corrected chi connectivity index (χ3v) is 1.93. The van der Waals surface area contributed by atoms with Crippen molar-refractivity contribution in [1.29, 1.82) is 0 Å². The second-order valence-corrected chi connectivity index (χ2v) is 3.86. The summed E-state index contributed by atoms with van der Waals surface area (Å²) in [6.07, 6.45) is 2.17. The second kappa shape index (κ2) is 3.24. The number of carbonyl (C=O) groups is 1. The summed E-state index contributed by atoms with van der Waals surface area (Å²) < 4.78 is 0. The van der Waals surface area contributed by atoms with Gasteiger partial charge < -0.3 is 16.8 Å². The Kier molecular flexibility index (Phi) is 2.45. The molecule has 74 valence electrons. The van der Waals surface area contributed by atoms with E-state index in [1.165, 1.54) is 0 Å². The molecule has 5 heteroatoms. The van der Waals surface area contributed by atoms with Gasteiger partial charge in [-0.25, -0.2) is 0 Å². The zero-order chi connectivity index (χ0) is 10.1. The molecule has 5 nitrogen and oxygen atoms in total. The van der Waals surface area contributed by atoms with E-state index in [0.29, 0.717) is 12.0 Å². The summed E-state index contributed by atoms with van der Waals surface area (Å²) in [7, 11) is 0. The lowest BCUT2D eigenvalue weighted by atomic mass is 10.1. The van der Waals surface area contributed by atoms with Gasteiger partial charge in [-0.3, -0.25) is 9.79 Å². The van der Waals surface area contributed by atoms with Crippen molar-refractivity contribution in [2.45, 2.75) is 38.3 Å². The number of hydrogen-bond acceptors (Lipinski definition) is 2. The predicted molar refractivity (Wildman–Crippen MR) is 51.1 cm³/mol. The van der Waals surface area contributed by atoms with E-state index in [1.54, 1.807) is 13.8 Å². The molecule has 0 atom stereocenters. The van der Waals surface area contributed by atoms with Gasteiger partial charge in [0, 0.05) is 0 Å². The molecule has 13 heavy (non-hydrogen) atoms. The molecular weight excluding hydrogens is 168 g/mol. The van der Waals surface area contributed by atoms with Gasteiger partial charge in [-0.05, 0) is 26.7 Å². The molecule has 1 aliphatic carbocycles. The Morgan fingerprint density at radius 2 is 2.00 bits per heavy atom. The highest BCUT2D eigenvalue weighted by Crippen LogP contribution is 2.23. The van der Waals surface area contributed by atoms with Crippen LogP contribution in [-0.4, -0.2) is 23.4 Å². The predicted octanol–water partition coefficient (Wildman–Crippen LogP) is -0.683. The highest BCUT2D eigenvalue weighted by atomic mass is 16.1. The first-order valence-corrected chi connectivity index (χ1v) is 4.33. The largest absolute Gasteiger partial charge is 0.370 e. The third kappa shape index (κ3) is 2.93. The summed E-state index contributed by atoms with van der Waals surface area (Å²) in [5.41, 5.74) is 9.89. The lowest BCUT2D eigenvalue weighted by molar-refractivity contribution is -0.122. The van der Waals surface area contributed by atoms with Gasteiger partial charge >= 0.3 is 0 Å². The second-order valence-electron chi connectivity index (χ2n) is 3.86. The number of hydrogen-bond donors (Lipinski definition) is 3. The summed E-state index contributed by atoms with van der Waals surface area (Å²) in [6.45, 7) is 3.34. The van der Waals surface area contributed by atoms with Crippen LogP contribution in [0.25, 0.3) is 0 Å². The molecule has 1 amide bonds. The van der Waals surface area contributed by atoms with Crippen LogP contribution >= 0.6 is 0 Å². The molecule has 0 spiro atoms. The van der Waals surface area contributed by atoms with Crippen molar-refractivity contribution < 1.29 is 4.79 Å². The Hall–Kier alpha value is -1.26. The molecule has 0 aliphatic heterocycles. The van der Waals surface area contributed by atoms with E-state index in [2.05, 4.69) is 10.3 Å². The number of nitrogens with zero attached hydrogens (tertiary/aromatic N) is 1. The van der Waals surface area contributed by atoms with Crippen molar-refractivity contribution in [3.8, 4) is 0 Å². The van der Waals surface area contributed by atoms with Gasteiger partial charge in [0.15, 0.2) is 5.96 Å². The Labute approximate surface area is 77.6 Å². The van der Waals surface area contributed by atoms with Crippen LogP contribution < -0.4 is 16.8 Å². The Morgan fingerprint density at radius 1 is 1.46 bits per heavy atom. The van der Waals surface area contributed by atoms with Crippen molar-refractivity contribution in [2.75, 3.05) is 0 Å². The topological polar surface area (TPSA) is 93.5 Å². The van der Waals surface area contributed by atoms with Crippen LogP contribution in [0.2, 0.25) is 0 Å². The summed E-state index contributed by atoms with van der Waals surface area (Å²) in [5.74, 6) is -0.146. The SMILES string of the molecule is CC(C)(NC(N)=NC1CC1)C(N)=O. The molecule has 0 saturated heterocycles. The lowest BCUT2D eigenvalue weighted by Crippen LogP contribution is -2.55. The smallest absolute Gasteiger partial charge is 0.242 e. The third-order valence-electron chi connectivity index (χ3n) is 1.93. The van der Waals surface area contributed by atoms with E-state index in [4.69, 9.17) is 11.5 Å². The van der Waals surface area contributed by atoms with Crippen molar-refractivity contribution >= 4 is 11.9 Å². The Bertz CT molecular complexity index is 243. The van der Waals surface area contributed by atoms with Crippen LogP contribution in [0.5, 0.6) is 0 Å². The van der Waals surface area contributed by atoms with Gasteiger partial charge in [-0.1, -0.05) is 0 Å². The van der Waals surface area contributed by atoms with Gasteiger partial charge in [0.05, 0.1) is 6.04 Å². The highest BCUT2D eigenvalue weighted by molar-refractivity contribution is 5.90. The zero-order valence-electron chi connectivity index (χ0n) is 8.00. The minimum absolute atomic E-state index is 0.298. The average Bonchev–Trinajstić information content (AvgIpc) is 2.69. The normalized spacial score (nSPS) is 18.5. The first kappa shape index (κ1) is 9.83. The monoisotopic (exact) mass is 184 g/mol. The number of amides is 1. The van der Waals surface area contributed by atoms with Crippen molar-refractivity contribution in [2.24, 2.45) is 16.5 Å². The summed E-state index contributed by atoms with van der Waals surface area (Å²) >= 11 is 0. The molecule has 0 heterocycles. The van der Waals surface area contributed by atoms with Crippen LogP contribution in [0.1, 0.15) is 26.7 Å². The van der Waals surface area contributed by atoms with E-state index >= 15 is 0 Å². The van der Waals surface area contributed by atoms with Crippen LogP contribution in [0.15, 0.2) is 4.99 Å². The molecular formula is C8H16N4O. The highest BCUT2D eigenvalue weighted by Gasteiger charge is 2.26. The van der Waals surface area contributed by atoms with Crippen molar-refractivity contribution in [1.82, 2.24) is 5.32 Å². The van der Waals surface area contributed by atoms with Crippen LogP contribution in [-0.2, 0) is 4.79 Å². The molecule has 1 saturated carbocycles. The number of primary amides is 1. The lowest BCUT2D eigenvalue weighted by Gasteiger charge is -2.22. The van der Waals surface area contributed by atoms with Gasteiger partial charge in [0.1, 0.15) is 5.54 Å². The minimum Gasteiger partial charge on any atom is -0.370 e. The molecule has 0 radical (unpaired) electrons. The van der Waals surface area contributed by atoms with Crippen LogP contribution in [0.3, 0.4) is 0 Å². The van der Waals surface area contributed by atoms with Gasteiger partial charge in [0.2, 0.25) is 5.91 Å². The minimum atomic E-state index is -0.831. The number of carbonyl (C=O) groups excluding carboxylic acids is 1. The standard InChI is InChI=1S/C8H16N4O/c1-8(2,6(9)13)12-7(10)11-5-3-4-5/h5H,3-4H2,1-2H3,(H2,9,13)(H3,10,11,12). The van der Waals surface area contributed by atoms with E-state index in [9.17, 15) is 4.79 Å². The molecule has 1 aliphatic rings. The quantitative estimate of drug-likeness (QED) is 0.400. The maximum atomic E-state index is 10.9. The number of guanidine groups is 1. The molecule has 0 bridgehead atoms. The summed E-state index contributed by atoms with van der Waals surface area (Å²) in [4.78, 5) is 15.0. The zero-order valence-corrected chi connectivity index (χ0v) is 8.00.